The van der Waals surface area contributed by atoms with Crippen LogP contribution in [-0.2, 0) is 16.1 Å². The Morgan fingerprint density at radius 1 is 1.20 bits per heavy atom. The Labute approximate surface area is 181 Å². The predicted molar refractivity (Wildman–Crippen MR) is 121 cm³/mol. The number of hydrogen-bond donors (Lipinski definition) is 1. The van der Waals surface area contributed by atoms with Crippen LogP contribution < -0.4 is 5.32 Å². The number of benzene rings is 1. The van der Waals surface area contributed by atoms with Crippen LogP contribution in [0.15, 0.2) is 35.3 Å². The van der Waals surface area contributed by atoms with Gasteiger partial charge in [-0.15, -0.1) is 0 Å². The molecule has 6 nitrogen and oxygen atoms in total. The second-order valence-electron chi connectivity index (χ2n) is 8.38. The first-order chi connectivity index (χ1) is 14.8. The summed E-state index contributed by atoms with van der Waals surface area (Å²) in [6.45, 7) is 8.98. The van der Waals surface area contributed by atoms with E-state index in [2.05, 4.69) is 41.4 Å². The summed E-state index contributed by atoms with van der Waals surface area (Å²) in [4.78, 5) is 21.4. The Balaban J connectivity index is 1.39. The van der Waals surface area contributed by atoms with E-state index in [0.29, 0.717) is 24.9 Å². The zero-order valence-electron chi connectivity index (χ0n) is 18.5. The van der Waals surface area contributed by atoms with Gasteiger partial charge >= 0.3 is 0 Å². The molecule has 0 saturated carbocycles. The van der Waals surface area contributed by atoms with Crippen molar-refractivity contribution in [3.05, 3.63) is 35.9 Å². The molecule has 0 spiro atoms. The quantitative estimate of drug-likeness (QED) is 0.383. The number of ether oxygens (including phenoxy) is 1. The van der Waals surface area contributed by atoms with Crippen LogP contribution in [0.3, 0.4) is 0 Å². The summed E-state index contributed by atoms with van der Waals surface area (Å²) in [5, 5.41) is 3.44. The van der Waals surface area contributed by atoms with Gasteiger partial charge in [-0.25, -0.2) is 0 Å². The molecular formula is C24H38N4O2. The number of carbonyl (C=O) groups is 1. The molecule has 6 heteroatoms. The van der Waals surface area contributed by atoms with Gasteiger partial charge < -0.3 is 19.9 Å². The summed E-state index contributed by atoms with van der Waals surface area (Å²) >= 11 is 0. The van der Waals surface area contributed by atoms with Crippen LogP contribution in [0.25, 0.3) is 0 Å². The van der Waals surface area contributed by atoms with Gasteiger partial charge in [0.1, 0.15) is 0 Å². The van der Waals surface area contributed by atoms with E-state index < -0.39 is 0 Å². The fourth-order valence-electron chi connectivity index (χ4n) is 4.23. The molecule has 1 N–H and O–H groups in total. The molecule has 1 atom stereocenters. The topological polar surface area (TPSA) is 57.2 Å². The molecule has 0 radical (unpaired) electrons. The molecule has 0 aromatic heterocycles. The second-order valence-corrected chi connectivity index (χ2v) is 8.38. The Bertz CT molecular complexity index is 664. The molecule has 2 heterocycles. The number of rotatable bonds is 9. The van der Waals surface area contributed by atoms with Gasteiger partial charge in [-0.05, 0) is 38.2 Å². The van der Waals surface area contributed by atoms with Crippen molar-refractivity contribution in [1.82, 2.24) is 15.1 Å². The molecule has 0 aliphatic carbocycles. The maximum Gasteiger partial charge on any atom is 0.222 e. The molecule has 2 fully saturated rings. The molecule has 166 valence electrons. The standard InChI is InChI=1S/C24H38N4O2/c1-2-25-24(26-14-9-16-27-15-8-4-7-12-23(27)29)28-17-13-22(18-28)20-30-19-21-10-5-3-6-11-21/h3,5-6,10-11,22H,2,4,7-9,12-20H2,1H3,(H,25,26). The lowest BCUT2D eigenvalue weighted by Crippen LogP contribution is -2.40. The van der Waals surface area contributed by atoms with Crippen molar-refractivity contribution in [2.24, 2.45) is 10.9 Å². The largest absolute Gasteiger partial charge is 0.376 e. The lowest BCUT2D eigenvalue weighted by molar-refractivity contribution is -0.130. The maximum absolute atomic E-state index is 12.1. The van der Waals surface area contributed by atoms with Crippen LogP contribution in [-0.4, -0.2) is 67.5 Å². The summed E-state index contributed by atoms with van der Waals surface area (Å²) in [5.41, 5.74) is 1.23. The number of carbonyl (C=O) groups excluding carboxylic acids is 1. The number of hydrogen-bond acceptors (Lipinski definition) is 3. The van der Waals surface area contributed by atoms with Crippen LogP contribution in [0, 0.1) is 5.92 Å². The first-order valence-electron chi connectivity index (χ1n) is 11.7. The van der Waals surface area contributed by atoms with Crippen LogP contribution in [0.5, 0.6) is 0 Å². The van der Waals surface area contributed by atoms with E-state index in [9.17, 15) is 4.79 Å². The van der Waals surface area contributed by atoms with Gasteiger partial charge in [0.05, 0.1) is 13.2 Å². The highest BCUT2D eigenvalue weighted by molar-refractivity contribution is 5.80. The number of amides is 1. The summed E-state index contributed by atoms with van der Waals surface area (Å²) in [6, 6.07) is 10.4. The summed E-state index contributed by atoms with van der Waals surface area (Å²) in [7, 11) is 0. The van der Waals surface area contributed by atoms with Crippen LogP contribution in [0.4, 0.5) is 0 Å². The molecule has 1 amide bonds. The Morgan fingerprint density at radius 2 is 2.07 bits per heavy atom. The van der Waals surface area contributed by atoms with Crippen LogP contribution >= 0.6 is 0 Å². The number of likely N-dealkylation sites (tertiary alicyclic amines) is 2. The maximum atomic E-state index is 12.1. The molecular weight excluding hydrogens is 376 g/mol. The van der Waals surface area contributed by atoms with E-state index in [1.165, 1.54) is 12.0 Å². The third kappa shape index (κ3) is 7.31. The average Bonchev–Trinajstić information content (AvgIpc) is 3.13. The number of nitrogens with one attached hydrogen (secondary N) is 1. The average molecular weight is 415 g/mol. The first kappa shape index (κ1) is 22.6. The molecule has 2 aliphatic rings. The zero-order chi connectivity index (χ0) is 21.0. The van der Waals surface area contributed by atoms with Gasteiger partial charge in [-0.1, -0.05) is 36.8 Å². The van der Waals surface area contributed by atoms with E-state index in [1.807, 2.05) is 11.0 Å². The van der Waals surface area contributed by atoms with Gasteiger partial charge in [0, 0.05) is 51.6 Å². The van der Waals surface area contributed by atoms with E-state index in [4.69, 9.17) is 9.73 Å². The lowest BCUT2D eigenvalue weighted by Gasteiger charge is -2.22. The molecule has 1 unspecified atom stereocenters. The number of aliphatic imine (C=N–C) groups is 1. The van der Waals surface area contributed by atoms with Crippen molar-refractivity contribution in [2.45, 2.75) is 52.1 Å². The molecule has 0 bridgehead atoms. The summed E-state index contributed by atoms with van der Waals surface area (Å²) in [5.74, 6) is 1.87. The normalized spacial score (nSPS) is 20.5. The van der Waals surface area contributed by atoms with Crippen LogP contribution in [0.2, 0.25) is 0 Å². The number of nitrogens with zero attached hydrogens (tertiary/aromatic N) is 3. The highest BCUT2D eigenvalue weighted by Crippen LogP contribution is 2.17. The highest BCUT2D eigenvalue weighted by atomic mass is 16.5. The fourth-order valence-corrected chi connectivity index (χ4v) is 4.23. The van der Waals surface area contributed by atoms with E-state index in [-0.39, 0.29) is 0 Å². The van der Waals surface area contributed by atoms with Gasteiger partial charge in [0.15, 0.2) is 5.96 Å². The van der Waals surface area contributed by atoms with Gasteiger partial charge in [-0.2, -0.15) is 0 Å². The zero-order valence-corrected chi connectivity index (χ0v) is 18.5. The highest BCUT2D eigenvalue weighted by Gasteiger charge is 2.25. The fraction of sp³-hybridized carbons (Fsp3) is 0.667. The lowest BCUT2D eigenvalue weighted by atomic mass is 10.1. The Kier molecular flexibility index (Phi) is 9.48. The van der Waals surface area contributed by atoms with E-state index in [0.717, 1.165) is 77.5 Å². The summed E-state index contributed by atoms with van der Waals surface area (Å²) < 4.78 is 5.95. The smallest absolute Gasteiger partial charge is 0.222 e. The van der Waals surface area contributed by atoms with Crippen molar-refractivity contribution in [3.63, 3.8) is 0 Å². The minimum atomic E-state index is 0.321. The molecule has 2 saturated heterocycles. The molecule has 1 aromatic rings. The minimum Gasteiger partial charge on any atom is -0.376 e. The Hall–Kier alpha value is -2.08. The minimum absolute atomic E-state index is 0.321. The van der Waals surface area contributed by atoms with Crippen molar-refractivity contribution >= 4 is 11.9 Å². The van der Waals surface area contributed by atoms with Gasteiger partial charge in [-0.3, -0.25) is 9.79 Å². The first-order valence-corrected chi connectivity index (χ1v) is 11.7. The second kappa shape index (κ2) is 12.6. The third-order valence-corrected chi connectivity index (χ3v) is 5.90. The molecule has 2 aliphatic heterocycles. The van der Waals surface area contributed by atoms with Gasteiger partial charge in [0.2, 0.25) is 5.91 Å². The van der Waals surface area contributed by atoms with Crippen molar-refractivity contribution in [1.29, 1.82) is 0 Å². The van der Waals surface area contributed by atoms with Crippen molar-refractivity contribution in [3.8, 4) is 0 Å². The third-order valence-electron chi connectivity index (χ3n) is 5.90. The molecule has 1 aromatic carbocycles. The number of guanidine groups is 1. The van der Waals surface area contributed by atoms with Gasteiger partial charge in [0.25, 0.3) is 0 Å². The molecule has 3 rings (SSSR count). The summed E-state index contributed by atoms with van der Waals surface area (Å²) in [6.07, 6.45) is 6.14. The SMILES string of the molecule is CCNC(=NCCCN1CCCCCC1=O)N1CCC(COCc2ccccc2)C1. The van der Waals surface area contributed by atoms with Crippen LogP contribution in [0.1, 0.15) is 51.0 Å². The predicted octanol–water partition coefficient (Wildman–Crippen LogP) is 3.28. The molecule has 30 heavy (non-hydrogen) atoms. The Morgan fingerprint density at radius 3 is 2.90 bits per heavy atom. The van der Waals surface area contributed by atoms with E-state index >= 15 is 0 Å². The van der Waals surface area contributed by atoms with Crippen molar-refractivity contribution < 1.29 is 9.53 Å². The van der Waals surface area contributed by atoms with E-state index in [1.54, 1.807) is 0 Å². The monoisotopic (exact) mass is 414 g/mol. The van der Waals surface area contributed by atoms with Crippen molar-refractivity contribution in [2.75, 3.05) is 45.9 Å².